The molecule has 132 valence electrons. The number of allylic oxidation sites excluding steroid dienone is 1. The number of carbonyl (C=O) groups is 1. The molecule has 24 heavy (non-hydrogen) atoms. The van der Waals surface area contributed by atoms with E-state index in [1.807, 2.05) is 0 Å². The molecular formula is C16H20O8. The second-order valence-electron chi connectivity index (χ2n) is 5.22. The Labute approximate surface area is 138 Å². The molecule has 8 nitrogen and oxygen atoms in total. The summed E-state index contributed by atoms with van der Waals surface area (Å²) in [5.74, 6) is 0.546. The highest BCUT2D eigenvalue weighted by molar-refractivity contribution is 5.74. The van der Waals surface area contributed by atoms with E-state index in [1.165, 1.54) is 13.2 Å². The lowest BCUT2D eigenvalue weighted by molar-refractivity contribution is -0.277. The van der Waals surface area contributed by atoms with Crippen molar-refractivity contribution in [3.05, 3.63) is 29.8 Å². The minimum Gasteiger partial charge on any atom is -0.493 e. The van der Waals surface area contributed by atoms with Crippen LogP contribution in [0.1, 0.15) is 5.56 Å². The Morgan fingerprint density at radius 1 is 1.17 bits per heavy atom. The van der Waals surface area contributed by atoms with Gasteiger partial charge >= 0.3 is 0 Å². The monoisotopic (exact) mass is 340 g/mol. The van der Waals surface area contributed by atoms with Crippen LogP contribution in [-0.4, -0.2) is 71.1 Å². The van der Waals surface area contributed by atoms with Crippen molar-refractivity contribution in [1.29, 1.82) is 0 Å². The molecule has 0 unspecified atom stereocenters. The number of hydrogen-bond donors (Lipinski definition) is 4. The lowest BCUT2D eigenvalue weighted by atomic mass is 9.99. The SMILES string of the molecule is COc1cc(/C=C/C=O)ccc1O[C@@H]1O[C@H](CO)[C@@H](O)[C@H](O)[C@H]1O. The molecule has 4 N–H and O–H groups in total. The highest BCUT2D eigenvalue weighted by Gasteiger charge is 2.44. The summed E-state index contributed by atoms with van der Waals surface area (Å²) in [6, 6.07) is 4.81. The van der Waals surface area contributed by atoms with Crippen LogP contribution in [-0.2, 0) is 9.53 Å². The van der Waals surface area contributed by atoms with Gasteiger partial charge in [0, 0.05) is 0 Å². The smallest absolute Gasteiger partial charge is 0.229 e. The number of methoxy groups -OCH3 is 1. The Morgan fingerprint density at radius 3 is 2.54 bits per heavy atom. The van der Waals surface area contributed by atoms with Crippen LogP contribution < -0.4 is 9.47 Å². The summed E-state index contributed by atoms with van der Waals surface area (Å²) >= 11 is 0. The molecule has 0 saturated carbocycles. The first-order chi connectivity index (χ1) is 11.5. The van der Waals surface area contributed by atoms with E-state index in [1.54, 1.807) is 24.3 Å². The molecule has 1 aliphatic heterocycles. The highest BCUT2D eigenvalue weighted by atomic mass is 16.7. The molecule has 1 fully saturated rings. The van der Waals surface area contributed by atoms with Crippen LogP contribution in [0.2, 0.25) is 0 Å². The molecule has 8 heteroatoms. The third-order valence-electron chi connectivity index (χ3n) is 3.65. The Kier molecular flexibility index (Phi) is 6.29. The van der Waals surface area contributed by atoms with Crippen molar-refractivity contribution in [3.8, 4) is 11.5 Å². The van der Waals surface area contributed by atoms with E-state index in [4.69, 9.17) is 14.2 Å². The Bertz CT molecular complexity index is 585. The third kappa shape index (κ3) is 3.92. The quantitative estimate of drug-likeness (QED) is 0.387. The summed E-state index contributed by atoms with van der Waals surface area (Å²) in [6.45, 7) is -0.544. The molecule has 0 amide bonds. The molecule has 2 rings (SSSR count). The van der Waals surface area contributed by atoms with E-state index in [0.29, 0.717) is 17.6 Å². The molecular weight excluding hydrogens is 320 g/mol. The van der Waals surface area contributed by atoms with Crippen molar-refractivity contribution >= 4 is 12.4 Å². The first-order valence-corrected chi connectivity index (χ1v) is 7.29. The molecule has 5 atom stereocenters. The van der Waals surface area contributed by atoms with E-state index < -0.39 is 37.3 Å². The first-order valence-electron chi connectivity index (χ1n) is 7.29. The zero-order valence-electron chi connectivity index (χ0n) is 13.0. The predicted molar refractivity (Wildman–Crippen MR) is 82.5 cm³/mol. The summed E-state index contributed by atoms with van der Waals surface area (Å²) < 4.78 is 16.0. The molecule has 0 radical (unpaired) electrons. The van der Waals surface area contributed by atoms with Crippen LogP contribution in [0.15, 0.2) is 24.3 Å². The van der Waals surface area contributed by atoms with Gasteiger partial charge in [-0.3, -0.25) is 4.79 Å². The van der Waals surface area contributed by atoms with E-state index >= 15 is 0 Å². The van der Waals surface area contributed by atoms with Crippen LogP contribution in [0.4, 0.5) is 0 Å². The van der Waals surface area contributed by atoms with E-state index in [-0.39, 0.29) is 5.75 Å². The number of ether oxygens (including phenoxy) is 3. The zero-order valence-corrected chi connectivity index (χ0v) is 13.0. The van der Waals surface area contributed by atoms with Crippen LogP contribution in [0, 0.1) is 0 Å². The Hall–Kier alpha value is -1.97. The van der Waals surface area contributed by atoms with Gasteiger partial charge in [-0.25, -0.2) is 0 Å². The second-order valence-corrected chi connectivity index (χ2v) is 5.22. The second kappa shape index (κ2) is 8.22. The molecule has 1 aromatic carbocycles. The van der Waals surface area contributed by atoms with Gasteiger partial charge in [-0.15, -0.1) is 0 Å². The van der Waals surface area contributed by atoms with Crippen molar-refractivity contribution in [2.75, 3.05) is 13.7 Å². The minimum absolute atomic E-state index is 0.227. The number of benzene rings is 1. The number of aliphatic hydroxyl groups is 4. The molecule has 0 aliphatic carbocycles. The van der Waals surface area contributed by atoms with Gasteiger partial charge in [0.25, 0.3) is 0 Å². The standard InChI is InChI=1S/C16H20O8/c1-22-11-7-9(3-2-6-17)4-5-10(11)23-16-15(21)14(20)13(19)12(8-18)24-16/h2-7,12-16,18-21H,8H2,1H3/b3-2+/t12-,13-,14+,15-,16-/m1/s1. The van der Waals surface area contributed by atoms with Crippen LogP contribution in [0.25, 0.3) is 6.08 Å². The molecule has 1 aromatic rings. The maximum atomic E-state index is 10.4. The molecule has 0 bridgehead atoms. The van der Waals surface area contributed by atoms with Crippen LogP contribution >= 0.6 is 0 Å². The number of aldehydes is 1. The fourth-order valence-corrected chi connectivity index (χ4v) is 2.33. The molecule has 1 heterocycles. The minimum atomic E-state index is -1.53. The van der Waals surface area contributed by atoms with Crippen molar-refractivity contribution in [2.45, 2.75) is 30.7 Å². The van der Waals surface area contributed by atoms with Crippen molar-refractivity contribution in [3.63, 3.8) is 0 Å². The molecule has 1 aliphatic rings. The van der Waals surface area contributed by atoms with E-state index in [0.717, 1.165) is 0 Å². The lowest BCUT2D eigenvalue weighted by Gasteiger charge is -2.39. The lowest BCUT2D eigenvalue weighted by Crippen LogP contribution is -2.60. The summed E-state index contributed by atoms with van der Waals surface area (Å²) in [7, 11) is 1.42. The van der Waals surface area contributed by atoms with Gasteiger partial charge in [0.1, 0.15) is 30.7 Å². The molecule has 1 saturated heterocycles. The largest absolute Gasteiger partial charge is 0.493 e. The number of hydrogen-bond acceptors (Lipinski definition) is 8. The van der Waals surface area contributed by atoms with Crippen molar-refractivity contribution < 1.29 is 39.4 Å². The summed E-state index contributed by atoms with van der Waals surface area (Å²) in [4.78, 5) is 10.4. The van der Waals surface area contributed by atoms with Gasteiger partial charge in [-0.2, -0.15) is 0 Å². The fourth-order valence-electron chi connectivity index (χ4n) is 2.33. The topological polar surface area (TPSA) is 126 Å². The number of aliphatic hydroxyl groups excluding tert-OH is 4. The van der Waals surface area contributed by atoms with Gasteiger partial charge < -0.3 is 34.6 Å². The zero-order chi connectivity index (χ0) is 17.7. The summed E-state index contributed by atoms with van der Waals surface area (Å²) in [5.41, 5.74) is 0.695. The normalized spacial score (nSPS) is 30.3. The third-order valence-corrected chi connectivity index (χ3v) is 3.65. The molecule has 0 spiro atoms. The first kappa shape index (κ1) is 18.4. The van der Waals surface area contributed by atoms with E-state index in [9.17, 15) is 25.2 Å². The Morgan fingerprint density at radius 2 is 1.92 bits per heavy atom. The van der Waals surface area contributed by atoms with Crippen molar-refractivity contribution in [2.24, 2.45) is 0 Å². The van der Waals surface area contributed by atoms with Gasteiger partial charge in [-0.1, -0.05) is 12.1 Å². The average molecular weight is 340 g/mol. The van der Waals surface area contributed by atoms with Gasteiger partial charge in [0.05, 0.1) is 13.7 Å². The fraction of sp³-hybridized carbons (Fsp3) is 0.438. The van der Waals surface area contributed by atoms with Gasteiger partial charge in [-0.05, 0) is 23.8 Å². The molecule has 0 aromatic heterocycles. The van der Waals surface area contributed by atoms with Gasteiger partial charge in [0.15, 0.2) is 11.5 Å². The van der Waals surface area contributed by atoms with Crippen LogP contribution in [0.3, 0.4) is 0 Å². The number of rotatable bonds is 6. The van der Waals surface area contributed by atoms with Gasteiger partial charge in [0.2, 0.25) is 6.29 Å². The van der Waals surface area contributed by atoms with E-state index in [2.05, 4.69) is 0 Å². The maximum absolute atomic E-state index is 10.4. The summed E-state index contributed by atoms with van der Waals surface area (Å²) in [6.07, 6.45) is -3.31. The average Bonchev–Trinajstić information content (AvgIpc) is 2.61. The summed E-state index contributed by atoms with van der Waals surface area (Å²) in [5, 5.41) is 38.7. The predicted octanol–water partition coefficient (Wildman–Crippen LogP) is -0.914. The highest BCUT2D eigenvalue weighted by Crippen LogP contribution is 2.32. The Balaban J connectivity index is 2.20. The van der Waals surface area contributed by atoms with Crippen LogP contribution in [0.5, 0.6) is 11.5 Å². The maximum Gasteiger partial charge on any atom is 0.229 e. The van der Waals surface area contributed by atoms with Crippen molar-refractivity contribution in [1.82, 2.24) is 0 Å². The number of carbonyl (C=O) groups excluding carboxylic acids is 1.